The lowest BCUT2D eigenvalue weighted by Crippen LogP contribution is -2.46. The highest BCUT2D eigenvalue weighted by Crippen LogP contribution is 2.38. The van der Waals surface area contributed by atoms with Crippen molar-refractivity contribution in [2.75, 3.05) is 19.8 Å². The summed E-state index contributed by atoms with van der Waals surface area (Å²) in [5.74, 6) is 0. The first kappa shape index (κ1) is 28.5. The third-order valence-corrected chi connectivity index (χ3v) is 7.34. The minimum absolute atomic E-state index is 0.0634. The Morgan fingerprint density at radius 3 is 1.74 bits per heavy atom. The quantitative estimate of drug-likeness (QED) is 0.176. The molecule has 0 spiro atoms. The molecule has 1 aromatic heterocycles. The Balaban J connectivity index is 2.21. The first-order chi connectivity index (χ1) is 16.4. The molecule has 13 heteroatoms. The molecule has 0 N–H and O–H groups in total. The summed E-state index contributed by atoms with van der Waals surface area (Å²) in [7, 11) is -3.15. The van der Waals surface area contributed by atoms with Crippen molar-refractivity contribution in [2.24, 2.45) is 0 Å². The number of aryl methyl sites for hydroxylation is 1. The van der Waals surface area contributed by atoms with Crippen molar-refractivity contribution >= 4 is 8.80 Å². The summed E-state index contributed by atoms with van der Waals surface area (Å²) >= 11 is 0. The fraction of sp³-hybridized carbons (Fsp3) is 0.364. The van der Waals surface area contributed by atoms with Crippen LogP contribution in [0.15, 0.2) is 62.4 Å². The predicted molar refractivity (Wildman–Crippen MR) is 119 cm³/mol. The molecule has 6 nitrogen and oxygen atoms in total. The number of benzene rings is 1. The zero-order valence-corrected chi connectivity index (χ0v) is 19.7. The molecule has 2 aromatic rings. The smallest absolute Gasteiger partial charge is 0.370 e. The van der Waals surface area contributed by atoms with Crippen LogP contribution < -0.4 is 0 Å². The van der Waals surface area contributed by atoms with E-state index in [1.54, 1.807) is 18.2 Å². The Hall–Kier alpha value is -2.74. The molecule has 192 valence electrons. The standard InChI is InChI=1S/C22H25F6N3O3Si/c1-4-9-32-35(33-10-5-2,34-11-6-3)12-7-8-31-16-20(29-30-31)17-13-18(21(23,24)25)15-19(14-17)22(26,27)28/h4-6,13-16H,1-3,7-12H2. The van der Waals surface area contributed by atoms with Gasteiger partial charge in [-0.2, -0.15) is 26.3 Å². The first-order valence-corrected chi connectivity index (χ1v) is 12.3. The summed E-state index contributed by atoms with van der Waals surface area (Å²) in [5, 5.41) is 7.58. The molecular weight excluding hydrogens is 496 g/mol. The van der Waals surface area contributed by atoms with Gasteiger partial charge in [-0.05, 0) is 24.6 Å². The molecule has 0 atom stereocenters. The summed E-state index contributed by atoms with van der Waals surface area (Å²) < 4.78 is 97.6. The third kappa shape index (κ3) is 8.45. The third-order valence-electron chi connectivity index (χ3n) is 4.56. The Kier molecular flexibility index (Phi) is 10.0. The Labute approximate surface area is 199 Å². The van der Waals surface area contributed by atoms with Gasteiger partial charge >= 0.3 is 21.2 Å². The van der Waals surface area contributed by atoms with Crippen molar-refractivity contribution in [2.45, 2.75) is 31.4 Å². The van der Waals surface area contributed by atoms with E-state index in [2.05, 4.69) is 30.0 Å². The average molecular weight is 522 g/mol. The van der Waals surface area contributed by atoms with Crippen LogP contribution in [0.4, 0.5) is 26.3 Å². The van der Waals surface area contributed by atoms with Gasteiger partial charge in [-0.1, -0.05) is 23.4 Å². The van der Waals surface area contributed by atoms with Crippen molar-refractivity contribution in [3.05, 3.63) is 73.5 Å². The van der Waals surface area contributed by atoms with Gasteiger partial charge in [0.15, 0.2) is 0 Å². The monoisotopic (exact) mass is 521 g/mol. The number of aromatic nitrogens is 3. The molecule has 0 aliphatic rings. The average Bonchev–Trinajstić information content (AvgIpc) is 3.27. The zero-order chi connectivity index (χ0) is 26.1. The molecule has 0 bridgehead atoms. The van der Waals surface area contributed by atoms with Gasteiger partial charge in [0.2, 0.25) is 0 Å². The van der Waals surface area contributed by atoms with Crippen LogP contribution in [0.1, 0.15) is 17.5 Å². The van der Waals surface area contributed by atoms with E-state index >= 15 is 0 Å². The van der Waals surface area contributed by atoms with Gasteiger partial charge < -0.3 is 13.3 Å². The second-order valence-electron chi connectivity index (χ2n) is 7.25. The van der Waals surface area contributed by atoms with Crippen LogP contribution in [0.2, 0.25) is 6.04 Å². The van der Waals surface area contributed by atoms with E-state index in [4.69, 9.17) is 13.3 Å². The van der Waals surface area contributed by atoms with E-state index in [1.807, 2.05) is 0 Å². The van der Waals surface area contributed by atoms with Crippen molar-refractivity contribution in [1.29, 1.82) is 0 Å². The van der Waals surface area contributed by atoms with Crippen molar-refractivity contribution in [3.63, 3.8) is 0 Å². The van der Waals surface area contributed by atoms with Gasteiger partial charge in [0, 0.05) is 18.2 Å². The van der Waals surface area contributed by atoms with Gasteiger partial charge in [0.1, 0.15) is 5.69 Å². The van der Waals surface area contributed by atoms with Crippen LogP contribution in [0, 0.1) is 0 Å². The second-order valence-corrected chi connectivity index (χ2v) is 9.98. The molecule has 0 unspecified atom stereocenters. The summed E-state index contributed by atoms with van der Waals surface area (Å²) in [6.07, 6.45) is -3.58. The first-order valence-electron chi connectivity index (χ1n) is 10.4. The maximum atomic E-state index is 13.1. The van der Waals surface area contributed by atoms with E-state index in [-0.39, 0.29) is 43.7 Å². The molecule has 0 saturated heterocycles. The highest BCUT2D eigenvalue weighted by Gasteiger charge is 2.40. The molecule has 0 saturated carbocycles. The minimum Gasteiger partial charge on any atom is -0.370 e. The summed E-state index contributed by atoms with van der Waals surface area (Å²) in [5.41, 5.74) is -3.32. The number of hydrogen-bond donors (Lipinski definition) is 0. The van der Waals surface area contributed by atoms with Gasteiger partial charge in [0.25, 0.3) is 0 Å². The Bertz CT molecular complexity index is 944. The number of halogens is 6. The van der Waals surface area contributed by atoms with E-state index in [0.29, 0.717) is 24.6 Å². The van der Waals surface area contributed by atoms with Crippen LogP contribution in [0.25, 0.3) is 11.3 Å². The number of rotatable bonds is 14. The lowest BCUT2D eigenvalue weighted by Gasteiger charge is -2.28. The molecule has 1 heterocycles. The van der Waals surface area contributed by atoms with Crippen LogP contribution in [-0.4, -0.2) is 43.6 Å². The topological polar surface area (TPSA) is 58.4 Å². The van der Waals surface area contributed by atoms with Gasteiger partial charge in [0.05, 0.1) is 37.1 Å². The molecule has 0 fully saturated rings. The number of alkyl halides is 6. The van der Waals surface area contributed by atoms with Gasteiger partial charge in [-0.15, -0.1) is 24.8 Å². The Morgan fingerprint density at radius 1 is 0.829 bits per heavy atom. The van der Waals surface area contributed by atoms with E-state index < -0.39 is 32.3 Å². The van der Waals surface area contributed by atoms with Gasteiger partial charge in [-0.3, -0.25) is 4.68 Å². The van der Waals surface area contributed by atoms with E-state index in [0.717, 1.165) is 0 Å². The largest absolute Gasteiger partial charge is 0.501 e. The van der Waals surface area contributed by atoms with E-state index in [1.165, 1.54) is 10.9 Å². The van der Waals surface area contributed by atoms with Crippen LogP contribution >= 0.6 is 0 Å². The molecule has 2 rings (SSSR count). The molecule has 0 radical (unpaired) electrons. The molecular formula is C22H25F6N3O3Si. The molecule has 0 aliphatic carbocycles. The minimum atomic E-state index is -4.96. The molecule has 1 aromatic carbocycles. The highest BCUT2D eigenvalue weighted by molar-refractivity contribution is 6.60. The molecule has 35 heavy (non-hydrogen) atoms. The second kappa shape index (κ2) is 12.3. The van der Waals surface area contributed by atoms with Crippen molar-refractivity contribution in [1.82, 2.24) is 15.0 Å². The van der Waals surface area contributed by atoms with Crippen LogP contribution in [0.3, 0.4) is 0 Å². The van der Waals surface area contributed by atoms with Crippen LogP contribution in [-0.2, 0) is 32.2 Å². The summed E-state index contributed by atoms with van der Waals surface area (Å²) in [4.78, 5) is 0. The fourth-order valence-corrected chi connectivity index (χ4v) is 5.39. The van der Waals surface area contributed by atoms with Crippen molar-refractivity contribution in [3.8, 4) is 11.3 Å². The lowest BCUT2D eigenvalue weighted by atomic mass is 10.0. The zero-order valence-electron chi connectivity index (χ0n) is 18.7. The number of nitrogens with zero attached hydrogens (tertiary/aromatic N) is 3. The maximum absolute atomic E-state index is 13.1. The van der Waals surface area contributed by atoms with Crippen LogP contribution in [0.5, 0.6) is 0 Å². The SMILES string of the molecule is C=CCO[Si](CCCn1cc(-c2cc(C(F)(F)F)cc(C(F)(F)F)c2)nn1)(OCC=C)OCC=C. The number of hydrogen-bond acceptors (Lipinski definition) is 5. The van der Waals surface area contributed by atoms with E-state index in [9.17, 15) is 26.3 Å². The Morgan fingerprint density at radius 2 is 1.31 bits per heavy atom. The molecule has 0 amide bonds. The van der Waals surface area contributed by atoms with Gasteiger partial charge in [-0.25, -0.2) is 0 Å². The van der Waals surface area contributed by atoms with Crippen molar-refractivity contribution < 1.29 is 39.6 Å². The maximum Gasteiger partial charge on any atom is 0.501 e. The fourth-order valence-electron chi connectivity index (χ4n) is 3.00. The summed E-state index contributed by atoms with van der Waals surface area (Å²) in [6, 6.07) is 1.63. The summed E-state index contributed by atoms with van der Waals surface area (Å²) in [6.45, 7) is 11.6. The normalized spacial score (nSPS) is 12.5. The molecule has 0 aliphatic heterocycles. The lowest BCUT2D eigenvalue weighted by molar-refractivity contribution is -0.143. The predicted octanol–water partition coefficient (Wildman–Crippen LogP) is 5.92. The highest BCUT2D eigenvalue weighted by atomic mass is 28.4.